The third-order valence-electron chi connectivity index (χ3n) is 2.75. The van der Waals surface area contributed by atoms with Gasteiger partial charge in [-0.1, -0.05) is 13.8 Å². The number of fused-ring (bicyclic) bond motifs is 1. The molecule has 0 saturated heterocycles. The van der Waals surface area contributed by atoms with E-state index in [1.807, 2.05) is 13.8 Å². The summed E-state index contributed by atoms with van der Waals surface area (Å²) in [6, 6.07) is 3.17. The average Bonchev–Trinajstić information content (AvgIpc) is 2.64. The number of sulfonamides is 1. The van der Waals surface area contributed by atoms with E-state index in [-0.39, 0.29) is 23.1 Å². The largest absolute Gasteiger partial charge is 0.325 e. The molecule has 104 valence electrons. The molecule has 0 aliphatic carbocycles. The van der Waals surface area contributed by atoms with Crippen molar-refractivity contribution in [2.24, 2.45) is 5.92 Å². The van der Waals surface area contributed by atoms with Crippen LogP contribution in [0.25, 0.3) is 0 Å². The summed E-state index contributed by atoms with van der Waals surface area (Å²) in [7, 11) is -3.56. The number of anilines is 1. The Morgan fingerprint density at radius 3 is 2.74 bits per heavy atom. The number of carbonyl (C=O) groups excluding carboxylic acids is 1. The summed E-state index contributed by atoms with van der Waals surface area (Å²) < 4.78 is 27.4. The Labute approximate surface area is 121 Å². The van der Waals surface area contributed by atoms with Gasteiger partial charge in [-0.15, -0.1) is 0 Å². The number of hydrogen-bond donors (Lipinski definition) is 2. The van der Waals surface area contributed by atoms with Gasteiger partial charge in [0.1, 0.15) is 0 Å². The summed E-state index contributed by atoms with van der Waals surface area (Å²) in [5, 5.41) is 2.68. The maximum absolute atomic E-state index is 12.2. The zero-order chi connectivity index (χ0) is 14.2. The van der Waals surface area contributed by atoms with Crippen molar-refractivity contribution in [3.63, 3.8) is 0 Å². The number of nitrogens with one attached hydrogen (secondary N) is 2. The predicted molar refractivity (Wildman–Crippen MR) is 76.5 cm³/mol. The van der Waals surface area contributed by atoms with Crippen LogP contribution in [0.5, 0.6) is 0 Å². The first kappa shape index (κ1) is 14.5. The van der Waals surface area contributed by atoms with Crippen molar-refractivity contribution in [2.45, 2.75) is 25.2 Å². The smallest absolute Gasteiger partial charge is 0.241 e. The summed E-state index contributed by atoms with van der Waals surface area (Å²) in [6.07, 6.45) is 0.218. The second-order valence-corrected chi connectivity index (χ2v) is 7.50. The maximum atomic E-state index is 12.2. The highest BCUT2D eigenvalue weighted by Crippen LogP contribution is 2.32. The number of carbonyl (C=O) groups is 1. The summed E-state index contributed by atoms with van der Waals surface area (Å²) in [5.74, 6) is 0.109. The molecule has 1 aliphatic heterocycles. The van der Waals surface area contributed by atoms with Crippen LogP contribution in [-0.4, -0.2) is 20.9 Å². The quantitative estimate of drug-likeness (QED) is 0.873. The van der Waals surface area contributed by atoms with E-state index in [1.54, 1.807) is 12.1 Å². The molecule has 0 bridgehead atoms. The Kier molecular flexibility index (Phi) is 3.98. The summed E-state index contributed by atoms with van der Waals surface area (Å²) in [5.41, 5.74) is 1.37. The maximum Gasteiger partial charge on any atom is 0.241 e. The lowest BCUT2D eigenvalue weighted by Crippen LogP contribution is -2.27. The third kappa shape index (κ3) is 3.16. The first-order valence-corrected chi connectivity index (χ1v) is 8.19. The molecule has 0 saturated carbocycles. The molecular formula is C12H15BrN2O3S. The minimum absolute atomic E-state index is 0.119. The molecule has 0 aromatic heterocycles. The third-order valence-corrected chi connectivity index (χ3v) is 5.14. The second-order valence-electron chi connectivity index (χ2n) is 4.91. The predicted octanol–water partition coefficient (Wildman–Crippen LogP) is 1.88. The first-order valence-electron chi connectivity index (χ1n) is 5.91. The van der Waals surface area contributed by atoms with E-state index in [1.165, 1.54) is 0 Å². The van der Waals surface area contributed by atoms with E-state index >= 15 is 0 Å². The lowest BCUT2D eigenvalue weighted by Gasteiger charge is -2.11. The molecule has 1 aromatic rings. The SMILES string of the molecule is CC(C)CNS(=O)(=O)c1cc2c(cc1Br)NC(=O)C2. The van der Waals surface area contributed by atoms with Gasteiger partial charge in [0.05, 0.1) is 11.3 Å². The summed E-state index contributed by atoms with van der Waals surface area (Å²) in [6.45, 7) is 4.24. The Bertz CT molecular complexity index is 626. The molecule has 0 fully saturated rings. The second kappa shape index (κ2) is 5.22. The Morgan fingerprint density at radius 2 is 2.11 bits per heavy atom. The van der Waals surface area contributed by atoms with Crippen LogP contribution in [0, 0.1) is 5.92 Å². The van der Waals surface area contributed by atoms with E-state index in [0.29, 0.717) is 22.3 Å². The van der Waals surface area contributed by atoms with E-state index < -0.39 is 10.0 Å². The van der Waals surface area contributed by atoms with Gasteiger partial charge in [0.25, 0.3) is 0 Å². The fourth-order valence-corrected chi connectivity index (χ4v) is 4.09. The summed E-state index contributed by atoms with van der Waals surface area (Å²) in [4.78, 5) is 11.5. The molecule has 0 atom stereocenters. The van der Waals surface area contributed by atoms with Crippen molar-refractivity contribution in [1.29, 1.82) is 0 Å². The van der Waals surface area contributed by atoms with Crippen molar-refractivity contribution >= 4 is 37.5 Å². The van der Waals surface area contributed by atoms with Gasteiger partial charge in [0.2, 0.25) is 15.9 Å². The average molecular weight is 347 g/mol. The molecule has 2 rings (SSSR count). The fraction of sp³-hybridized carbons (Fsp3) is 0.417. The van der Waals surface area contributed by atoms with Crippen molar-refractivity contribution < 1.29 is 13.2 Å². The van der Waals surface area contributed by atoms with Crippen LogP contribution in [0.1, 0.15) is 19.4 Å². The van der Waals surface area contributed by atoms with E-state index in [9.17, 15) is 13.2 Å². The van der Waals surface area contributed by atoms with Crippen LogP contribution in [-0.2, 0) is 21.2 Å². The molecule has 1 heterocycles. The molecule has 5 nitrogen and oxygen atoms in total. The molecule has 0 unspecified atom stereocenters. The first-order chi connectivity index (χ1) is 8.79. The van der Waals surface area contributed by atoms with Crippen molar-refractivity contribution in [3.05, 3.63) is 22.2 Å². The van der Waals surface area contributed by atoms with Crippen LogP contribution in [0.3, 0.4) is 0 Å². The van der Waals surface area contributed by atoms with Crippen LogP contribution >= 0.6 is 15.9 Å². The zero-order valence-electron chi connectivity index (χ0n) is 10.7. The number of benzene rings is 1. The van der Waals surface area contributed by atoms with Crippen molar-refractivity contribution in [1.82, 2.24) is 4.72 Å². The van der Waals surface area contributed by atoms with Crippen LogP contribution in [0.15, 0.2) is 21.5 Å². The highest BCUT2D eigenvalue weighted by molar-refractivity contribution is 9.10. The van der Waals surface area contributed by atoms with Gasteiger partial charge >= 0.3 is 0 Å². The molecule has 2 N–H and O–H groups in total. The van der Waals surface area contributed by atoms with Gasteiger partial charge in [-0.3, -0.25) is 4.79 Å². The minimum Gasteiger partial charge on any atom is -0.325 e. The molecule has 7 heteroatoms. The minimum atomic E-state index is -3.56. The van der Waals surface area contributed by atoms with Crippen LogP contribution in [0.2, 0.25) is 0 Å². The zero-order valence-corrected chi connectivity index (χ0v) is 13.1. The van der Waals surface area contributed by atoms with Gasteiger partial charge in [-0.05, 0) is 39.5 Å². The monoisotopic (exact) mass is 346 g/mol. The molecular weight excluding hydrogens is 332 g/mol. The van der Waals surface area contributed by atoms with Gasteiger partial charge in [-0.25, -0.2) is 13.1 Å². The van der Waals surface area contributed by atoms with E-state index in [0.717, 1.165) is 0 Å². The van der Waals surface area contributed by atoms with Gasteiger partial charge in [0, 0.05) is 16.7 Å². The number of rotatable bonds is 4. The number of halogens is 1. The van der Waals surface area contributed by atoms with Crippen molar-refractivity contribution in [3.8, 4) is 0 Å². The molecule has 0 radical (unpaired) electrons. The molecule has 1 amide bonds. The molecule has 1 aliphatic rings. The normalized spacial score (nSPS) is 14.6. The Morgan fingerprint density at radius 1 is 1.42 bits per heavy atom. The topological polar surface area (TPSA) is 75.3 Å². The highest BCUT2D eigenvalue weighted by atomic mass is 79.9. The lowest BCUT2D eigenvalue weighted by atomic mass is 10.2. The number of hydrogen-bond acceptors (Lipinski definition) is 3. The lowest BCUT2D eigenvalue weighted by molar-refractivity contribution is -0.115. The Balaban J connectivity index is 2.36. The standard InChI is InChI=1S/C12H15BrN2O3S/c1-7(2)6-14-19(17,18)11-3-8-4-12(16)15-10(8)5-9(11)13/h3,5,7,14H,4,6H2,1-2H3,(H,15,16). The number of amides is 1. The highest BCUT2D eigenvalue weighted by Gasteiger charge is 2.24. The van der Waals surface area contributed by atoms with Gasteiger partial charge < -0.3 is 5.32 Å². The van der Waals surface area contributed by atoms with Gasteiger partial charge in [-0.2, -0.15) is 0 Å². The van der Waals surface area contributed by atoms with Gasteiger partial charge in [0.15, 0.2) is 0 Å². The van der Waals surface area contributed by atoms with Crippen molar-refractivity contribution in [2.75, 3.05) is 11.9 Å². The Hall–Kier alpha value is -0.920. The molecule has 1 aromatic carbocycles. The molecule has 19 heavy (non-hydrogen) atoms. The summed E-state index contributed by atoms with van der Waals surface area (Å²) >= 11 is 3.24. The van der Waals surface area contributed by atoms with E-state index in [2.05, 4.69) is 26.0 Å². The molecule has 0 spiro atoms. The fourth-order valence-electron chi connectivity index (χ4n) is 1.79. The van der Waals surface area contributed by atoms with E-state index in [4.69, 9.17) is 0 Å². The van der Waals surface area contributed by atoms with Crippen LogP contribution in [0.4, 0.5) is 5.69 Å². The van der Waals surface area contributed by atoms with Crippen LogP contribution < -0.4 is 10.0 Å².